The predicted octanol–water partition coefficient (Wildman–Crippen LogP) is 3.35. The van der Waals surface area contributed by atoms with Crippen molar-refractivity contribution in [2.75, 3.05) is 18.4 Å². The van der Waals surface area contributed by atoms with Crippen LogP contribution in [0.25, 0.3) is 0 Å². The molecule has 0 unspecified atom stereocenters. The van der Waals surface area contributed by atoms with Crippen molar-refractivity contribution in [3.63, 3.8) is 0 Å². The topological polar surface area (TPSA) is 50.2 Å². The second-order valence-corrected chi connectivity index (χ2v) is 7.23. The molecule has 0 aliphatic carbocycles. The molecule has 1 saturated heterocycles. The molecule has 1 aliphatic rings. The molecule has 0 bridgehead atoms. The van der Waals surface area contributed by atoms with E-state index in [-0.39, 0.29) is 11.9 Å². The van der Waals surface area contributed by atoms with Crippen LogP contribution in [0.2, 0.25) is 0 Å². The first kappa shape index (κ1) is 19.3. The van der Waals surface area contributed by atoms with Gasteiger partial charge in [-0.2, -0.15) is 5.10 Å². The Morgan fingerprint density at radius 2 is 2.07 bits per heavy atom. The Kier molecular flexibility index (Phi) is 5.77. The SMILES string of the molecule is Cc1nn(C)c(C)c1CCC(=O)N1CCC[C@@H](Nc2ccc(F)c(F)c2)C1. The Balaban J connectivity index is 1.56. The molecule has 3 rings (SSSR count). The summed E-state index contributed by atoms with van der Waals surface area (Å²) in [5.41, 5.74) is 3.74. The summed E-state index contributed by atoms with van der Waals surface area (Å²) in [6, 6.07) is 3.83. The largest absolute Gasteiger partial charge is 0.380 e. The van der Waals surface area contributed by atoms with Gasteiger partial charge in [0.05, 0.1) is 5.69 Å². The molecule has 1 aromatic heterocycles. The van der Waals surface area contributed by atoms with E-state index in [1.807, 2.05) is 30.5 Å². The Morgan fingerprint density at radius 3 is 2.74 bits per heavy atom. The highest BCUT2D eigenvalue weighted by atomic mass is 19.2. The van der Waals surface area contributed by atoms with Crippen molar-refractivity contribution >= 4 is 11.6 Å². The number of carbonyl (C=O) groups excluding carboxylic acids is 1. The molecule has 0 saturated carbocycles. The monoisotopic (exact) mass is 376 g/mol. The molecule has 5 nitrogen and oxygen atoms in total. The minimum Gasteiger partial charge on any atom is -0.380 e. The zero-order chi connectivity index (χ0) is 19.6. The van der Waals surface area contributed by atoms with Gasteiger partial charge in [-0.1, -0.05) is 0 Å². The molecular weight excluding hydrogens is 350 g/mol. The maximum Gasteiger partial charge on any atom is 0.222 e. The smallest absolute Gasteiger partial charge is 0.222 e. The van der Waals surface area contributed by atoms with E-state index in [0.29, 0.717) is 25.1 Å². The van der Waals surface area contributed by atoms with E-state index in [1.165, 1.54) is 6.07 Å². The lowest BCUT2D eigenvalue weighted by Gasteiger charge is -2.34. The van der Waals surface area contributed by atoms with Crippen molar-refractivity contribution < 1.29 is 13.6 Å². The highest BCUT2D eigenvalue weighted by molar-refractivity contribution is 5.76. The molecule has 0 spiro atoms. The van der Waals surface area contributed by atoms with Gasteiger partial charge >= 0.3 is 0 Å². The van der Waals surface area contributed by atoms with E-state index in [2.05, 4.69) is 10.4 Å². The third-order valence-corrected chi connectivity index (χ3v) is 5.31. The molecule has 2 aromatic rings. The van der Waals surface area contributed by atoms with Gasteiger partial charge in [0.2, 0.25) is 5.91 Å². The van der Waals surface area contributed by atoms with Gasteiger partial charge in [-0.15, -0.1) is 0 Å². The number of aryl methyl sites for hydroxylation is 2. The summed E-state index contributed by atoms with van der Waals surface area (Å²) in [4.78, 5) is 14.5. The summed E-state index contributed by atoms with van der Waals surface area (Å²) in [6.45, 7) is 5.29. The number of piperidine rings is 1. The number of nitrogens with one attached hydrogen (secondary N) is 1. The van der Waals surface area contributed by atoms with Gasteiger partial charge in [0.15, 0.2) is 11.6 Å². The van der Waals surface area contributed by atoms with Crippen LogP contribution in [-0.4, -0.2) is 39.7 Å². The second kappa shape index (κ2) is 8.06. The lowest BCUT2D eigenvalue weighted by atomic mass is 10.0. The zero-order valence-corrected chi connectivity index (χ0v) is 16.1. The van der Waals surface area contributed by atoms with Crippen LogP contribution in [0.15, 0.2) is 18.2 Å². The molecule has 2 heterocycles. The molecule has 27 heavy (non-hydrogen) atoms. The lowest BCUT2D eigenvalue weighted by molar-refractivity contribution is -0.132. The molecule has 1 atom stereocenters. The quantitative estimate of drug-likeness (QED) is 0.871. The standard InChI is InChI=1S/C20H26F2N4O/c1-13-17(14(2)25(3)24-13)7-9-20(27)26-10-4-5-16(12-26)23-15-6-8-18(21)19(22)11-15/h6,8,11,16,23H,4-5,7,9-10,12H2,1-3H3/t16-/m1/s1. The average Bonchev–Trinajstić information content (AvgIpc) is 2.88. The molecule has 0 radical (unpaired) electrons. The van der Waals surface area contributed by atoms with Crippen molar-refractivity contribution in [2.45, 2.75) is 45.6 Å². The number of anilines is 1. The van der Waals surface area contributed by atoms with Gasteiger partial charge in [-0.25, -0.2) is 8.78 Å². The van der Waals surface area contributed by atoms with Crippen molar-refractivity contribution in [1.82, 2.24) is 14.7 Å². The van der Waals surface area contributed by atoms with Gasteiger partial charge in [-0.05, 0) is 50.8 Å². The number of likely N-dealkylation sites (tertiary alicyclic amines) is 1. The Morgan fingerprint density at radius 1 is 1.30 bits per heavy atom. The number of hydrogen-bond donors (Lipinski definition) is 1. The maximum absolute atomic E-state index is 13.4. The molecule has 7 heteroatoms. The van der Waals surface area contributed by atoms with E-state index >= 15 is 0 Å². The summed E-state index contributed by atoms with van der Waals surface area (Å²) in [5, 5.41) is 7.61. The van der Waals surface area contributed by atoms with E-state index in [1.54, 1.807) is 0 Å². The first-order chi connectivity index (χ1) is 12.8. The van der Waals surface area contributed by atoms with Crippen LogP contribution in [0, 0.1) is 25.5 Å². The van der Waals surface area contributed by atoms with Crippen molar-refractivity contribution in [1.29, 1.82) is 0 Å². The fourth-order valence-corrected chi connectivity index (χ4v) is 3.71. The van der Waals surface area contributed by atoms with Gasteiger partial charge in [0.1, 0.15) is 0 Å². The summed E-state index contributed by atoms with van der Waals surface area (Å²) in [5.74, 6) is -1.61. The van der Waals surface area contributed by atoms with Crippen LogP contribution in [0.3, 0.4) is 0 Å². The van der Waals surface area contributed by atoms with Crippen LogP contribution in [0.5, 0.6) is 0 Å². The third-order valence-electron chi connectivity index (χ3n) is 5.31. The first-order valence-electron chi connectivity index (χ1n) is 9.33. The van der Waals surface area contributed by atoms with Crippen molar-refractivity contribution in [2.24, 2.45) is 7.05 Å². The van der Waals surface area contributed by atoms with Crippen LogP contribution >= 0.6 is 0 Å². The van der Waals surface area contributed by atoms with Gasteiger partial charge < -0.3 is 10.2 Å². The number of hydrogen-bond acceptors (Lipinski definition) is 3. The average molecular weight is 376 g/mol. The summed E-state index contributed by atoms with van der Waals surface area (Å²) in [6.07, 6.45) is 2.91. The predicted molar refractivity (Wildman–Crippen MR) is 101 cm³/mol. The van der Waals surface area contributed by atoms with E-state index in [4.69, 9.17) is 0 Å². The second-order valence-electron chi connectivity index (χ2n) is 7.23. The highest BCUT2D eigenvalue weighted by Crippen LogP contribution is 2.20. The summed E-state index contributed by atoms with van der Waals surface area (Å²) >= 11 is 0. The molecular formula is C20H26F2N4O. The number of benzene rings is 1. The van der Waals surface area contributed by atoms with E-state index < -0.39 is 11.6 Å². The van der Waals surface area contributed by atoms with Gasteiger partial charge in [-0.3, -0.25) is 9.48 Å². The number of aromatic nitrogens is 2. The fraction of sp³-hybridized carbons (Fsp3) is 0.500. The highest BCUT2D eigenvalue weighted by Gasteiger charge is 2.24. The number of carbonyl (C=O) groups is 1. The summed E-state index contributed by atoms with van der Waals surface area (Å²) in [7, 11) is 1.91. The van der Waals surface area contributed by atoms with E-state index in [9.17, 15) is 13.6 Å². The molecule has 1 aromatic carbocycles. The van der Waals surface area contributed by atoms with E-state index in [0.717, 1.165) is 48.5 Å². The number of halogens is 2. The molecule has 1 N–H and O–H groups in total. The Labute approximate surface area is 158 Å². The normalized spacial score (nSPS) is 17.2. The number of rotatable bonds is 5. The number of amides is 1. The van der Waals surface area contributed by atoms with Crippen LogP contribution in [-0.2, 0) is 18.3 Å². The minimum absolute atomic E-state index is 0.0365. The maximum atomic E-state index is 13.4. The Bertz CT molecular complexity index is 834. The summed E-state index contributed by atoms with van der Waals surface area (Å²) < 4.78 is 28.3. The fourth-order valence-electron chi connectivity index (χ4n) is 3.71. The van der Waals surface area contributed by atoms with Gasteiger partial charge in [0, 0.05) is 50.0 Å². The minimum atomic E-state index is -0.869. The zero-order valence-electron chi connectivity index (χ0n) is 16.1. The van der Waals surface area contributed by atoms with Crippen molar-refractivity contribution in [3.8, 4) is 0 Å². The molecule has 1 aliphatic heterocycles. The molecule has 1 fully saturated rings. The number of nitrogens with zero attached hydrogens (tertiary/aromatic N) is 3. The lowest BCUT2D eigenvalue weighted by Crippen LogP contribution is -2.45. The Hall–Kier alpha value is -2.44. The molecule has 146 valence electrons. The third kappa shape index (κ3) is 4.46. The van der Waals surface area contributed by atoms with Crippen LogP contribution in [0.4, 0.5) is 14.5 Å². The van der Waals surface area contributed by atoms with Crippen LogP contribution in [0.1, 0.15) is 36.2 Å². The van der Waals surface area contributed by atoms with Crippen molar-refractivity contribution in [3.05, 3.63) is 46.8 Å². The molecule has 1 amide bonds. The van der Waals surface area contributed by atoms with Crippen LogP contribution < -0.4 is 5.32 Å². The first-order valence-corrected chi connectivity index (χ1v) is 9.33. The van der Waals surface area contributed by atoms with Gasteiger partial charge in [0.25, 0.3) is 0 Å².